The lowest BCUT2D eigenvalue weighted by Crippen LogP contribution is -1.92. The van der Waals surface area contributed by atoms with Gasteiger partial charge < -0.3 is 0 Å². The Morgan fingerprint density at radius 1 is 0.467 bits per heavy atom. The van der Waals surface area contributed by atoms with Gasteiger partial charge in [-0.1, -0.05) is 114 Å². The van der Waals surface area contributed by atoms with Gasteiger partial charge in [0.05, 0.1) is 0 Å². The molecule has 5 aromatic carbocycles. The molecular formula is C28H22OP+. The van der Waals surface area contributed by atoms with Gasteiger partial charge in [-0.25, -0.2) is 0 Å². The van der Waals surface area contributed by atoms with Crippen molar-refractivity contribution in [3.63, 3.8) is 0 Å². The van der Waals surface area contributed by atoms with Gasteiger partial charge in [0.2, 0.25) is 0 Å². The molecule has 0 atom stereocenters. The van der Waals surface area contributed by atoms with Gasteiger partial charge in [-0.15, -0.1) is 0 Å². The highest BCUT2D eigenvalue weighted by molar-refractivity contribution is 7.43. The largest absolute Gasteiger partial charge is 0.348 e. The van der Waals surface area contributed by atoms with Gasteiger partial charge in [-0.2, -0.15) is 0 Å². The molecular weight excluding hydrogens is 383 g/mol. The van der Waals surface area contributed by atoms with Crippen LogP contribution in [-0.2, 0) is 16.9 Å². The van der Waals surface area contributed by atoms with Crippen molar-refractivity contribution >= 4 is 29.3 Å². The first-order valence-electron chi connectivity index (χ1n) is 10.2. The summed E-state index contributed by atoms with van der Waals surface area (Å²) in [6, 6.07) is 37.7. The zero-order chi connectivity index (χ0) is 20.3. The minimum absolute atomic E-state index is 0.665. The molecule has 0 N–H and O–H groups in total. The number of rotatable bonds is 0. The Hall–Kier alpha value is -3.28. The van der Waals surface area contributed by atoms with E-state index in [1.807, 2.05) is 36.4 Å². The normalized spacial score (nSPS) is 12.5. The summed E-state index contributed by atoms with van der Waals surface area (Å²) >= 11 is 0. The van der Waals surface area contributed by atoms with Crippen molar-refractivity contribution in [3.8, 4) is 11.1 Å². The molecule has 0 spiro atoms. The molecule has 6 rings (SSSR count). The molecule has 1 aliphatic heterocycles. The minimum Gasteiger partial charge on any atom is -0.0740 e. The standard InChI is InChI=1S/C22H16OP.C6H6/c23-24-13-17-11-9-15-5-1-3-7-19(15)21(17)22-18(14-24)12-10-16-6-2-4-8-20(16)22;1-2-4-6-5-3-1/h1-12H,13-14H2;1-6H/q+1;. The molecule has 0 fully saturated rings. The third kappa shape index (κ3) is 3.54. The fourth-order valence-electron chi connectivity index (χ4n) is 4.31. The zero-order valence-electron chi connectivity index (χ0n) is 16.7. The van der Waals surface area contributed by atoms with Crippen LogP contribution in [0.5, 0.6) is 0 Å². The maximum atomic E-state index is 12.6. The number of benzene rings is 5. The van der Waals surface area contributed by atoms with E-state index in [0.29, 0.717) is 12.3 Å². The van der Waals surface area contributed by atoms with Crippen LogP contribution in [0.15, 0.2) is 109 Å². The van der Waals surface area contributed by atoms with E-state index in [-0.39, 0.29) is 0 Å². The summed E-state index contributed by atoms with van der Waals surface area (Å²) in [7, 11) is -1.25. The van der Waals surface area contributed by atoms with Crippen LogP contribution in [0.3, 0.4) is 0 Å². The van der Waals surface area contributed by atoms with Crippen LogP contribution >= 0.6 is 7.80 Å². The van der Waals surface area contributed by atoms with Crippen LogP contribution in [-0.4, -0.2) is 0 Å². The van der Waals surface area contributed by atoms with E-state index in [0.717, 1.165) is 0 Å². The molecule has 0 amide bonds. The topological polar surface area (TPSA) is 17.1 Å². The SMILES string of the molecule is O=[P+]1Cc2ccc3ccccc3c2-c2c(ccc3ccccc23)C1.c1ccccc1. The Balaban J connectivity index is 0.000000279. The fourth-order valence-corrected chi connectivity index (χ4v) is 5.71. The van der Waals surface area contributed by atoms with Crippen LogP contribution in [0.2, 0.25) is 0 Å². The summed E-state index contributed by atoms with van der Waals surface area (Å²) in [5.41, 5.74) is 4.98. The quantitative estimate of drug-likeness (QED) is 0.237. The Morgan fingerprint density at radius 3 is 1.30 bits per heavy atom. The molecule has 0 aromatic heterocycles. The van der Waals surface area contributed by atoms with E-state index in [4.69, 9.17) is 0 Å². The van der Waals surface area contributed by atoms with E-state index in [1.165, 1.54) is 43.8 Å². The fraction of sp³-hybridized carbons (Fsp3) is 0.0714. The maximum absolute atomic E-state index is 12.6. The lowest BCUT2D eigenvalue weighted by Gasteiger charge is -2.14. The van der Waals surface area contributed by atoms with E-state index in [1.54, 1.807) is 0 Å². The highest BCUT2D eigenvalue weighted by Gasteiger charge is 2.29. The molecule has 0 saturated carbocycles. The summed E-state index contributed by atoms with van der Waals surface area (Å²) in [6.07, 6.45) is 1.33. The summed E-state index contributed by atoms with van der Waals surface area (Å²) < 4.78 is 12.6. The van der Waals surface area contributed by atoms with Crippen molar-refractivity contribution in [2.24, 2.45) is 0 Å². The summed E-state index contributed by atoms with van der Waals surface area (Å²) in [5.74, 6) is 0. The monoisotopic (exact) mass is 405 g/mol. The predicted octanol–water partition coefficient (Wildman–Crippen LogP) is 8.19. The zero-order valence-corrected chi connectivity index (χ0v) is 17.6. The first-order valence-corrected chi connectivity index (χ1v) is 11.9. The molecule has 0 unspecified atom stereocenters. The van der Waals surface area contributed by atoms with E-state index < -0.39 is 7.80 Å². The van der Waals surface area contributed by atoms with Gasteiger partial charge in [-0.3, -0.25) is 0 Å². The molecule has 0 saturated heterocycles. The average Bonchev–Trinajstić information content (AvgIpc) is 2.96. The minimum atomic E-state index is -1.25. The third-order valence-electron chi connectivity index (χ3n) is 5.64. The highest BCUT2D eigenvalue weighted by Crippen LogP contribution is 2.47. The lowest BCUT2D eigenvalue weighted by molar-refractivity contribution is 0.587. The van der Waals surface area contributed by atoms with Crippen molar-refractivity contribution in [1.82, 2.24) is 0 Å². The second-order valence-electron chi connectivity index (χ2n) is 7.59. The molecule has 2 heteroatoms. The molecule has 5 aromatic rings. The van der Waals surface area contributed by atoms with Crippen LogP contribution in [0.1, 0.15) is 11.1 Å². The summed E-state index contributed by atoms with van der Waals surface area (Å²) in [5, 5.41) is 5.01. The summed E-state index contributed by atoms with van der Waals surface area (Å²) in [4.78, 5) is 0. The second kappa shape index (κ2) is 8.22. The van der Waals surface area contributed by atoms with Crippen molar-refractivity contribution in [3.05, 3.63) is 120 Å². The van der Waals surface area contributed by atoms with Gasteiger partial charge in [0.25, 0.3) is 0 Å². The van der Waals surface area contributed by atoms with Crippen LogP contribution in [0.4, 0.5) is 0 Å². The van der Waals surface area contributed by atoms with E-state index >= 15 is 0 Å². The van der Waals surface area contributed by atoms with Crippen LogP contribution in [0, 0.1) is 0 Å². The van der Waals surface area contributed by atoms with Gasteiger partial charge in [0.1, 0.15) is 0 Å². The number of hydrogen-bond acceptors (Lipinski definition) is 1. The Labute approximate surface area is 177 Å². The molecule has 30 heavy (non-hydrogen) atoms. The van der Waals surface area contributed by atoms with Crippen LogP contribution in [0.25, 0.3) is 32.7 Å². The second-order valence-corrected chi connectivity index (χ2v) is 9.19. The van der Waals surface area contributed by atoms with Gasteiger partial charge >= 0.3 is 7.80 Å². The number of fused-ring (bicyclic) bond motifs is 7. The van der Waals surface area contributed by atoms with E-state index in [9.17, 15) is 4.57 Å². The molecule has 1 aliphatic rings. The van der Waals surface area contributed by atoms with Crippen molar-refractivity contribution < 1.29 is 4.57 Å². The Bertz CT molecular complexity index is 1240. The molecule has 0 aliphatic carbocycles. The van der Waals surface area contributed by atoms with Gasteiger partial charge in [-0.05, 0) is 32.7 Å². The Morgan fingerprint density at radius 2 is 0.867 bits per heavy atom. The molecule has 144 valence electrons. The first-order chi connectivity index (χ1) is 14.8. The molecule has 1 heterocycles. The van der Waals surface area contributed by atoms with Gasteiger partial charge in [0, 0.05) is 11.1 Å². The summed E-state index contributed by atoms with van der Waals surface area (Å²) in [6.45, 7) is 0. The van der Waals surface area contributed by atoms with Crippen molar-refractivity contribution in [2.75, 3.05) is 0 Å². The highest BCUT2D eigenvalue weighted by atomic mass is 31.1. The molecule has 1 nitrogen and oxygen atoms in total. The van der Waals surface area contributed by atoms with Crippen LogP contribution < -0.4 is 0 Å². The average molecular weight is 405 g/mol. The lowest BCUT2D eigenvalue weighted by atomic mass is 9.88. The number of hydrogen-bond donors (Lipinski definition) is 0. The third-order valence-corrected chi connectivity index (χ3v) is 7.03. The Kier molecular flexibility index (Phi) is 5.13. The van der Waals surface area contributed by atoms with Gasteiger partial charge in [0.15, 0.2) is 12.3 Å². The predicted molar refractivity (Wildman–Crippen MR) is 128 cm³/mol. The maximum Gasteiger partial charge on any atom is 0.348 e. The first kappa shape index (κ1) is 18.7. The molecule has 0 radical (unpaired) electrons. The smallest absolute Gasteiger partial charge is 0.0740 e. The van der Waals surface area contributed by atoms with E-state index in [2.05, 4.69) is 72.8 Å². The van der Waals surface area contributed by atoms with Crippen molar-refractivity contribution in [1.29, 1.82) is 0 Å². The van der Waals surface area contributed by atoms with Crippen molar-refractivity contribution in [2.45, 2.75) is 12.3 Å². The molecule has 0 bridgehead atoms.